The number of carbonyl (C=O) groups excluding carboxylic acids is 1. The van der Waals surface area contributed by atoms with Crippen LogP contribution in [0.1, 0.15) is 22.3 Å². The first kappa shape index (κ1) is 21.2. The summed E-state index contributed by atoms with van der Waals surface area (Å²) in [6, 6.07) is 15.2. The third-order valence-electron chi connectivity index (χ3n) is 5.87. The summed E-state index contributed by atoms with van der Waals surface area (Å²) in [4.78, 5) is 32.7. The van der Waals surface area contributed by atoms with Gasteiger partial charge in [0.05, 0.1) is 22.4 Å². The largest absolute Gasteiger partial charge is 0.326 e. The van der Waals surface area contributed by atoms with Crippen molar-refractivity contribution in [3.05, 3.63) is 98.2 Å². The molecule has 2 heterocycles. The van der Waals surface area contributed by atoms with Crippen LogP contribution < -0.4 is 11.0 Å². The Bertz CT molecular complexity index is 1500. The van der Waals surface area contributed by atoms with E-state index in [0.717, 1.165) is 22.7 Å². The first-order chi connectivity index (χ1) is 15.8. The van der Waals surface area contributed by atoms with Crippen LogP contribution in [0.2, 0.25) is 5.02 Å². The lowest BCUT2D eigenvalue weighted by atomic mass is 9.99. The third kappa shape index (κ3) is 3.85. The highest BCUT2D eigenvalue weighted by molar-refractivity contribution is 6.32. The average Bonchev–Trinajstić information content (AvgIpc) is 2.98. The van der Waals surface area contributed by atoms with Crippen LogP contribution in [0.3, 0.4) is 0 Å². The average molecular weight is 463 g/mol. The summed E-state index contributed by atoms with van der Waals surface area (Å²) in [7, 11) is 1.68. The molecular formula is C25H20ClFN4O2. The quantitative estimate of drug-likeness (QED) is 0.474. The fourth-order valence-corrected chi connectivity index (χ4v) is 4.28. The Balaban J connectivity index is 1.69. The van der Waals surface area contributed by atoms with Crippen molar-refractivity contribution >= 4 is 39.9 Å². The molecule has 4 aromatic rings. The lowest BCUT2D eigenvalue weighted by Crippen LogP contribution is -2.27. The predicted molar refractivity (Wildman–Crippen MR) is 128 cm³/mol. The van der Waals surface area contributed by atoms with Crippen LogP contribution in [0.4, 0.5) is 10.1 Å². The summed E-state index contributed by atoms with van der Waals surface area (Å²) >= 11 is 6.17. The van der Waals surface area contributed by atoms with Gasteiger partial charge in [-0.05, 0) is 36.8 Å². The predicted octanol–water partition coefficient (Wildman–Crippen LogP) is 4.37. The Morgan fingerprint density at radius 1 is 1.09 bits per heavy atom. The van der Waals surface area contributed by atoms with Gasteiger partial charge in [0, 0.05) is 29.6 Å². The smallest absolute Gasteiger partial charge is 0.321 e. The summed E-state index contributed by atoms with van der Waals surface area (Å²) in [6.45, 7) is 1.99. The van der Waals surface area contributed by atoms with Gasteiger partial charge < -0.3 is 10.3 Å². The molecule has 3 aromatic carbocycles. The number of nitrogens with zero attached hydrogens (tertiary/aromatic N) is 2. The van der Waals surface area contributed by atoms with Gasteiger partial charge >= 0.3 is 5.69 Å². The van der Waals surface area contributed by atoms with Crippen LogP contribution >= 0.6 is 11.6 Å². The van der Waals surface area contributed by atoms with E-state index in [9.17, 15) is 14.0 Å². The second-order valence-corrected chi connectivity index (χ2v) is 8.64. The van der Waals surface area contributed by atoms with Crippen LogP contribution in [0.5, 0.6) is 0 Å². The third-order valence-corrected chi connectivity index (χ3v) is 6.09. The molecule has 1 unspecified atom stereocenters. The van der Waals surface area contributed by atoms with E-state index in [-0.39, 0.29) is 16.4 Å². The van der Waals surface area contributed by atoms with Crippen LogP contribution in [0.25, 0.3) is 11.0 Å². The highest BCUT2D eigenvalue weighted by Crippen LogP contribution is 2.31. The summed E-state index contributed by atoms with van der Waals surface area (Å²) in [5, 5.41) is 2.89. The molecule has 1 aliphatic heterocycles. The van der Waals surface area contributed by atoms with Crippen molar-refractivity contribution in [2.45, 2.75) is 19.4 Å². The number of rotatable bonds is 3. The summed E-state index contributed by atoms with van der Waals surface area (Å²) in [5.74, 6) is -1.04. The van der Waals surface area contributed by atoms with E-state index in [4.69, 9.17) is 16.6 Å². The Labute approximate surface area is 193 Å². The zero-order chi connectivity index (χ0) is 23.3. The second kappa shape index (κ2) is 8.01. The van der Waals surface area contributed by atoms with E-state index in [1.807, 2.05) is 31.2 Å². The lowest BCUT2D eigenvalue weighted by molar-refractivity contribution is -0.117. The minimum atomic E-state index is -0.779. The van der Waals surface area contributed by atoms with Gasteiger partial charge in [0.15, 0.2) is 0 Å². The van der Waals surface area contributed by atoms with Gasteiger partial charge in [0.2, 0.25) is 5.91 Å². The van der Waals surface area contributed by atoms with Gasteiger partial charge in [0.1, 0.15) is 11.9 Å². The van der Waals surface area contributed by atoms with Crippen LogP contribution in [0, 0.1) is 12.7 Å². The van der Waals surface area contributed by atoms with E-state index in [1.54, 1.807) is 31.3 Å². The Morgan fingerprint density at radius 2 is 1.85 bits per heavy atom. The van der Waals surface area contributed by atoms with Crippen LogP contribution in [-0.4, -0.2) is 27.2 Å². The molecular weight excluding hydrogens is 443 g/mol. The number of carbonyl (C=O) groups is 1. The molecule has 0 saturated carbocycles. The molecule has 166 valence electrons. The van der Waals surface area contributed by atoms with E-state index in [0.29, 0.717) is 28.8 Å². The highest BCUT2D eigenvalue weighted by atomic mass is 35.5. The van der Waals surface area contributed by atoms with Gasteiger partial charge in [-0.1, -0.05) is 47.5 Å². The number of benzodiazepines with no additional fused rings is 1. The molecule has 5 rings (SSSR count). The number of aliphatic imine (C=N–C) groups is 1. The van der Waals surface area contributed by atoms with Crippen molar-refractivity contribution in [3.63, 3.8) is 0 Å². The normalized spacial score (nSPS) is 15.7. The molecule has 6 nitrogen and oxygen atoms in total. The minimum absolute atomic E-state index is 0.0382. The van der Waals surface area contributed by atoms with Gasteiger partial charge in [0.25, 0.3) is 0 Å². The molecule has 0 saturated heterocycles. The SMILES string of the molecule is Cc1ccc(CC2N=C(c3ccc4c(c3)[nH]c(=O)n4C)c3cc(Cl)cc(F)c3NC2=O)cc1. The van der Waals surface area contributed by atoms with Crippen molar-refractivity contribution in [1.29, 1.82) is 0 Å². The summed E-state index contributed by atoms with van der Waals surface area (Å²) < 4.78 is 16.4. The van der Waals surface area contributed by atoms with Crippen molar-refractivity contribution in [3.8, 4) is 0 Å². The number of hydrogen-bond acceptors (Lipinski definition) is 3. The fourth-order valence-electron chi connectivity index (χ4n) is 4.08. The van der Waals surface area contributed by atoms with E-state index >= 15 is 0 Å². The monoisotopic (exact) mass is 462 g/mol. The van der Waals surface area contributed by atoms with Crippen LogP contribution in [0.15, 0.2) is 64.4 Å². The number of aryl methyl sites for hydroxylation is 2. The van der Waals surface area contributed by atoms with Crippen molar-refractivity contribution in [1.82, 2.24) is 9.55 Å². The maximum absolute atomic E-state index is 14.9. The molecule has 1 atom stereocenters. The molecule has 1 aromatic heterocycles. The zero-order valence-electron chi connectivity index (χ0n) is 17.9. The maximum Gasteiger partial charge on any atom is 0.326 e. The van der Waals surface area contributed by atoms with Crippen molar-refractivity contribution < 1.29 is 9.18 Å². The number of anilines is 1. The number of fused-ring (bicyclic) bond motifs is 2. The lowest BCUT2D eigenvalue weighted by Gasteiger charge is -2.12. The number of hydrogen-bond donors (Lipinski definition) is 2. The van der Waals surface area contributed by atoms with Gasteiger partial charge in [-0.3, -0.25) is 14.4 Å². The number of halogens is 2. The summed E-state index contributed by atoms with van der Waals surface area (Å²) in [5.41, 5.74) is 4.64. The first-order valence-corrected chi connectivity index (χ1v) is 10.8. The standard InChI is InChI=1S/C25H20ClFN4O2/c1-13-3-5-14(6-4-13)9-20-24(32)30-23-17(11-16(26)12-18(23)27)22(28-20)15-7-8-21-19(10-15)29-25(33)31(21)2/h3-8,10-12,20H,9H2,1-2H3,(H,29,33)(H,30,32). The molecule has 0 bridgehead atoms. The molecule has 2 N–H and O–H groups in total. The maximum atomic E-state index is 14.9. The van der Waals surface area contributed by atoms with E-state index in [2.05, 4.69) is 10.3 Å². The van der Waals surface area contributed by atoms with E-state index < -0.39 is 17.8 Å². The number of imidazole rings is 1. The van der Waals surface area contributed by atoms with Gasteiger partial charge in [-0.2, -0.15) is 0 Å². The van der Waals surface area contributed by atoms with Crippen LogP contribution in [-0.2, 0) is 18.3 Å². The molecule has 0 spiro atoms. The van der Waals surface area contributed by atoms with Gasteiger partial charge in [-0.25, -0.2) is 9.18 Å². The summed E-state index contributed by atoms with van der Waals surface area (Å²) in [6.07, 6.45) is 0.351. The van der Waals surface area contributed by atoms with Crippen molar-refractivity contribution in [2.75, 3.05) is 5.32 Å². The first-order valence-electron chi connectivity index (χ1n) is 10.4. The van der Waals surface area contributed by atoms with E-state index in [1.165, 1.54) is 4.57 Å². The number of amides is 1. The minimum Gasteiger partial charge on any atom is -0.321 e. The topological polar surface area (TPSA) is 79.2 Å². The number of nitrogens with one attached hydrogen (secondary N) is 2. The molecule has 0 radical (unpaired) electrons. The molecule has 0 fully saturated rings. The molecule has 0 aliphatic carbocycles. The van der Waals surface area contributed by atoms with Crippen molar-refractivity contribution in [2.24, 2.45) is 12.0 Å². The highest BCUT2D eigenvalue weighted by Gasteiger charge is 2.28. The number of aromatic amines is 1. The number of aromatic nitrogens is 2. The molecule has 1 amide bonds. The zero-order valence-corrected chi connectivity index (χ0v) is 18.7. The molecule has 1 aliphatic rings. The Kier molecular flexibility index (Phi) is 5.13. The van der Waals surface area contributed by atoms with Gasteiger partial charge in [-0.15, -0.1) is 0 Å². The second-order valence-electron chi connectivity index (χ2n) is 8.20. The molecule has 33 heavy (non-hydrogen) atoms. The molecule has 8 heteroatoms. The Hall–Kier alpha value is -3.71. The Morgan fingerprint density at radius 3 is 2.61 bits per heavy atom. The fraction of sp³-hybridized carbons (Fsp3) is 0.160. The number of benzene rings is 3. The number of H-pyrrole nitrogens is 1.